The highest BCUT2D eigenvalue weighted by atomic mass is 16.5. The maximum atomic E-state index is 10.4. The van der Waals surface area contributed by atoms with Crippen LogP contribution < -0.4 is 20.3 Å². The number of rotatable bonds is 9. The average molecular weight is 281 g/mol. The van der Waals surface area contributed by atoms with E-state index in [4.69, 9.17) is 9.47 Å². The summed E-state index contributed by atoms with van der Waals surface area (Å²) in [5, 5.41) is 10.4. The van der Waals surface area contributed by atoms with Crippen molar-refractivity contribution in [2.75, 3.05) is 13.2 Å². The predicted octanol–water partition coefficient (Wildman–Crippen LogP) is 0.687. The molecule has 0 bridgehead atoms. The molecule has 112 valence electrons. The second kappa shape index (κ2) is 8.43. The summed E-state index contributed by atoms with van der Waals surface area (Å²) in [6.07, 6.45) is 1.34. The van der Waals surface area contributed by atoms with Gasteiger partial charge in [0.1, 0.15) is 6.04 Å². The van der Waals surface area contributed by atoms with E-state index in [-0.39, 0.29) is 12.5 Å². The van der Waals surface area contributed by atoms with Crippen LogP contribution in [0.4, 0.5) is 0 Å². The number of carbonyl (C=O) groups is 1. The minimum atomic E-state index is -1.01. The van der Waals surface area contributed by atoms with Gasteiger partial charge in [0.25, 0.3) is 0 Å². The Balaban J connectivity index is 2.73. The van der Waals surface area contributed by atoms with Crippen molar-refractivity contribution in [1.82, 2.24) is 0 Å². The van der Waals surface area contributed by atoms with Crippen molar-refractivity contribution >= 4 is 5.97 Å². The Labute approximate surface area is 119 Å². The third-order valence-electron chi connectivity index (χ3n) is 2.97. The minimum absolute atomic E-state index is 0.0317. The number of aliphatic carboxylic acids is 1. The van der Waals surface area contributed by atoms with Gasteiger partial charge in [0, 0.05) is 18.0 Å². The van der Waals surface area contributed by atoms with E-state index in [1.807, 2.05) is 32.0 Å². The molecule has 0 unspecified atom stereocenters. The van der Waals surface area contributed by atoms with Crippen molar-refractivity contribution in [3.05, 3.63) is 23.8 Å². The fraction of sp³-hybridized carbons (Fsp3) is 0.533. The van der Waals surface area contributed by atoms with Crippen LogP contribution in [0.25, 0.3) is 0 Å². The lowest BCUT2D eigenvalue weighted by atomic mass is 10.0. The molecule has 0 saturated carbocycles. The van der Waals surface area contributed by atoms with Gasteiger partial charge in [0.05, 0.1) is 13.2 Å². The zero-order chi connectivity index (χ0) is 15.0. The molecule has 0 spiro atoms. The van der Waals surface area contributed by atoms with Crippen LogP contribution in [0.15, 0.2) is 18.2 Å². The molecule has 0 saturated heterocycles. The molecule has 1 aromatic rings. The third-order valence-corrected chi connectivity index (χ3v) is 2.97. The first-order valence-electron chi connectivity index (χ1n) is 7.00. The standard InChI is InChI=1S/C15H23NO4/c1-3-19-13-9-8-11(10-14(13)20-4-2)12(16)6-5-7-15(17)18/h8-10,12H,3-7,16H2,1-2H3,(H,17,18)/t12-/m1/s1. The van der Waals surface area contributed by atoms with Gasteiger partial charge in [-0.3, -0.25) is 0 Å². The van der Waals surface area contributed by atoms with Crippen LogP contribution in [0.2, 0.25) is 0 Å². The number of carbonyl (C=O) groups excluding carboxylic acids is 1. The molecule has 5 nitrogen and oxygen atoms in total. The van der Waals surface area contributed by atoms with Crippen LogP contribution in [-0.4, -0.2) is 19.2 Å². The first kappa shape index (κ1) is 16.3. The molecule has 0 aliphatic rings. The predicted molar refractivity (Wildman–Crippen MR) is 73.3 cm³/mol. The van der Waals surface area contributed by atoms with E-state index in [0.717, 1.165) is 11.3 Å². The van der Waals surface area contributed by atoms with Crippen LogP contribution in [0, 0.1) is 0 Å². The molecule has 3 N–H and O–H groups in total. The quantitative estimate of drug-likeness (QED) is 0.721. The summed E-state index contributed by atoms with van der Waals surface area (Å²) in [4.78, 5) is 10.4. The van der Waals surface area contributed by atoms with E-state index in [1.54, 1.807) is 0 Å². The number of benzene rings is 1. The summed E-state index contributed by atoms with van der Waals surface area (Å²) in [5.41, 5.74) is 5.10. The zero-order valence-electron chi connectivity index (χ0n) is 12.2. The van der Waals surface area contributed by atoms with Crippen molar-refractivity contribution in [3.8, 4) is 11.5 Å². The number of quaternary nitrogens is 1. The van der Waals surface area contributed by atoms with Gasteiger partial charge < -0.3 is 25.1 Å². The van der Waals surface area contributed by atoms with Crippen LogP contribution >= 0.6 is 0 Å². The summed E-state index contributed by atoms with van der Waals surface area (Å²) in [6.45, 7) is 4.99. The maximum Gasteiger partial charge on any atom is 0.161 e. The Hall–Kier alpha value is -1.75. The van der Waals surface area contributed by atoms with Gasteiger partial charge in [0.15, 0.2) is 11.5 Å². The highest BCUT2D eigenvalue weighted by molar-refractivity contribution is 5.64. The highest BCUT2D eigenvalue weighted by Crippen LogP contribution is 2.30. The lowest BCUT2D eigenvalue weighted by Crippen LogP contribution is -2.53. The number of hydrogen-bond acceptors (Lipinski definition) is 4. The second-order valence-electron chi connectivity index (χ2n) is 4.53. The average Bonchev–Trinajstić information content (AvgIpc) is 2.40. The van der Waals surface area contributed by atoms with E-state index in [2.05, 4.69) is 5.73 Å². The number of carboxylic acid groups (broad SMARTS) is 1. The summed E-state index contributed by atoms with van der Waals surface area (Å²) >= 11 is 0. The van der Waals surface area contributed by atoms with Crippen molar-refractivity contribution in [1.29, 1.82) is 0 Å². The molecule has 1 rings (SSSR count). The molecule has 0 fully saturated rings. The molecular formula is C15H23NO4. The van der Waals surface area contributed by atoms with E-state index in [9.17, 15) is 9.90 Å². The van der Waals surface area contributed by atoms with Gasteiger partial charge in [-0.2, -0.15) is 0 Å². The largest absolute Gasteiger partial charge is 0.550 e. The summed E-state index contributed by atoms with van der Waals surface area (Å²) < 4.78 is 11.1. The maximum absolute atomic E-state index is 10.4. The molecule has 0 aliphatic carbocycles. The Bertz CT molecular complexity index is 434. The summed E-state index contributed by atoms with van der Waals surface area (Å²) in [5.74, 6) is 0.416. The molecular weight excluding hydrogens is 258 g/mol. The van der Waals surface area contributed by atoms with Crippen LogP contribution in [0.1, 0.15) is 44.7 Å². The Morgan fingerprint density at radius 1 is 1.25 bits per heavy atom. The minimum Gasteiger partial charge on any atom is -0.550 e. The van der Waals surface area contributed by atoms with Crippen LogP contribution in [0.3, 0.4) is 0 Å². The van der Waals surface area contributed by atoms with Gasteiger partial charge in [-0.1, -0.05) is 0 Å². The van der Waals surface area contributed by atoms with Crippen molar-refractivity contribution in [3.63, 3.8) is 0 Å². The van der Waals surface area contributed by atoms with E-state index < -0.39 is 5.97 Å². The Morgan fingerprint density at radius 2 is 1.90 bits per heavy atom. The number of ether oxygens (including phenoxy) is 2. The fourth-order valence-electron chi connectivity index (χ4n) is 1.98. The Morgan fingerprint density at radius 3 is 2.50 bits per heavy atom. The molecule has 0 aliphatic heterocycles. The van der Waals surface area contributed by atoms with Crippen molar-refractivity contribution < 1.29 is 25.1 Å². The molecule has 0 radical (unpaired) electrons. The van der Waals surface area contributed by atoms with Crippen molar-refractivity contribution in [2.45, 2.75) is 39.2 Å². The monoisotopic (exact) mass is 281 g/mol. The number of hydrogen-bond donors (Lipinski definition) is 1. The Kier molecular flexibility index (Phi) is 6.87. The SMILES string of the molecule is CCOc1ccc([C@H]([NH3+])CCCC(=O)[O-])cc1OCC. The van der Waals surface area contributed by atoms with Gasteiger partial charge >= 0.3 is 0 Å². The number of carboxylic acids is 1. The van der Waals surface area contributed by atoms with E-state index in [1.165, 1.54) is 0 Å². The molecule has 0 heterocycles. The van der Waals surface area contributed by atoms with Crippen LogP contribution in [-0.2, 0) is 4.79 Å². The van der Waals surface area contributed by atoms with Gasteiger partial charge in [-0.05, 0) is 44.9 Å². The zero-order valence-corrected chi connectivity index (χ0v) is 12.2. The smallest absolute Gasteiger partial charge is 0.161 e. The topological polar surface area (TPSA) is 86.2 Å². The summed E-state index contributed by atoms with van der Waals surface area (Å²) in [6, 6.07) is 5.78. The van der Waals surface area contributed by atoms with Gasteiger partial charge in [-0.25, -0.2) is 0 Å². The van der Waals surface area contributed by atoms with Gasteiger partial charge in [0.2, 0.25) is 0 Å². The van der Waals surface area contributed by atoms with E-state index in [0.29, 0.717) is 31.8 Å². The third kappa shape index (κ3) is 5.09. The molecule has 20 heavy (non-hydrogen) atoms. The lowest BCUT2D eigenvalue weighted by molar-refractivity contribution is -0.428. The first-order valence-corrected chi connectivity index (χ1v) is 7.00. The molecule has 0 amide bonds. The second-order valence-corrected chi connectivity index (χ2v) is 4.53. The van der Waals surface area contributed by atoms with Crippen LogP contribution in [0.5, 0.6) is 11.5 Å². The molecule has 0 aromatic heterocycles. The van der Waals surface area contributed by atoms with E-state index >= 15 is 0 Å². The molecule has 1 atom stereocenters. The summed E-state index contributed by atoms with van der Waals surface area (Å²) in [7, 11) is 0. The first-order chi connectivity index (χ1) is 9.58. The van der Waals surface area contributed by atoms with Crippen molar-refractivity contribution in [2.24, 2.45) is 0 Å². The lowest BCUT2D eigenvalue weighted by Gasteiger charge is -2.14. The molecule has 1 aromatic carbocycles. The fourth-order valence-corrected chi connectivity index (χ4v) is 1.98. The highest BCUT2D eigenvalue weighted by Gasteiger charge is 2.13. The van der Waals surface area contributed by atoms with Gasteiger partial charge in [-0.15, -0.1) is 0 Å². The molecule has 5 heteroatoms. The normalized spacial score (nSPS) is 11.9.